The first kappa shape index (κ1) is 16.1. The van der Waals surface area contributed by atoms with E-state index < -0.39 is 0 Å². The summed E-state index contributed by atoms with van der Waals surface area (Å²) in [5.74, 6) is 0.194. The molecule has 1 saturated heterocycles. The number of aryl methyl sites for hydroxylation is 2. The number of aromatic nitrogens is 2. The van der Waals surface area contributed by atoms with E-state index in [1.54, 1.807) is 29.9 Å². The molecular weight excluding hydrogens is 310 g/mol. The summed E-state index contributed by atoms with van der Waals surface area (Å²) in [6.07, 6.45) is 7.31. The van der Waals surface area contributed by atoms with Crippen LogP contribution in [0.3, 0.4) is 0 Å². The summed E-state index contributed by atoms with van der Waals surface area (Å²) < 4.78 is 5.58. The zero-order valence-corrected chi connectivity index (χ0v) is 14.1. The van der Waals surface area contributed by atoms with Gasteiger partial charge in [-0.15, -0.1) is 11.3 Å². The lowest BCUT2D eigenvalue weighted by Gasteiger charge is -2.35. The van der Waals surface area contributed by atoms with Gasteiger partial charge < -0.3 is 9.64 Å². The van der Waals surface area contributed by atoms with Crippen molar-refractivity contribution in [2.24, 2.45) is 0 Å². The van der Waals surface area contributed by atoms with Crippen molar-refractivity contribution in [3.63, 3.8) is 0 Å². The van der Waals surface area contributed by atoms with Gasteiger partial charge in [0.05, 0.1) is 31.4 Å². The van der Waals surface area contributed by atoms with Crippen molar-refractivity contribution in [3.8, 4) is 0 Å². The van der Waals surface area contributed by atoms with Crippen LogP contribution in [0.15, 0.2) is 30.7 Å². The number of amides is 1. The molecule has 0 N–H and O–H groups in total. The van der Waals surface area contributed by atoms with Crippen LogP contribution in [0.2, 0.25) is 0 Å². The lowest BCUT2D eigenvalue weighted by Crippen LogP contribution is -2.49. The van der Waals surface area contributed by atoms with Gasteiger partial charge in [-0.25, -0.2) is 0 Å². The summed E-state index contributed by atoms with van der Waals surface area (Å²) in [7, 11) is 0. The van der Waals surface area contributed by atoms with Gasteiger partial charge in [0.25, 0.3) is 0 Å². The molecule has 5 nitrogen and oxygen atoms in total. The number of morpholine rings is 1. The van der Waals surface area contributed by atoms with Crippen molar-refractivity contribution in [1.29, 1.82) is 0 Å². The highest BCUT2D eigenvalue weighted by atomic mass is 32.1. The maximum absolute atomic E-state index is 12.6. The largest absolute Gasteiger partial charge is 0.377 e. The summed E-state index contributed by atoms with van der Waals surface area (Å²) in [6.45, 7) is 3.97. The number of rotatable bonds is 5. The van der Waals surface area contributed by atoms with Crippen molar-refractivity contribution in [1.82, 2.24) is 14.9 Å². The number of hydrogen-bond donors (Lipinski definition) is 0. The van der Waals surface area contributed by atoms with Crippen molar-refractivity contribution < 1.29 is 9.53 Å². The molecule has 1 unspecified atom stereocenters. The second-order valence-electron chi connectivity index (χ2n) is 5.74. The predicted octanol–water partition coefficient (Wildman–Crippen LogP) is 2.25. The minimum atomic E-state index is 0.124. The van der Waals surface area contributed by atoms with Crippen LogP contribution in [0.25, 0.3) is 0 Å². The maximum atomic E-state index is 12.6. The Bertz CT molecular complexity index is 644. The molecule has 3 heterocycles. The molecule has 0 spiro atoms. The highest BCUT2D eigenvalue weighted by molar-refractivity contribution is 7.12. The molecular formula is C17H21N3O2S. The van der Waals surface area contributed by atoms with Gasteiger partial charge in [0, 0.05) is 34.9 Å². The number of carbonyl (C=O) groups excluding carboxylic acids is 1. The average molecular weight is 331 g/mol. The van der Waals surface area contributed by atoms with E-state index in [9.17, 15) is 4.79 Å². The van der Waals surface area contributed by atoms with Crippen molar-refractivity contribution in [2.75, 3.05) is 19.8 Å². The quantitative estimate of drug-likeness (QED) is 0.843. The molecule has 0 aromatic carbocycles. The molecule has 122 valence electrons. The summed E-state index contributed by atoms with van der Waals surface area (Å²) in [4.78, 5) is 25.4. The molecule has 0 radical (unpaired) electrons. The fraction of sp³-hybridized carbons (Fsp3) is 0.471. The van der Waals surface area contributed by atoms with Gasteiger partial charge in [-0.05, 0) is 31.9 Å². The third-order valence-electron chi connectivity index (χ3n) is 4.02. The fourth-order valence-electron chi connectivity index (χ4n) is 2.83. The number of hydrogen-bond acceptors (Lipinski definition) is 5. The second kappa shape index (κ2) is 7.66. The normalized spacial score (nSPS) is 18.1. The van der Waals surface area contributed by atoms with Gasteiger partial charge in [0.15, 0.2) is 0 Å². The van der Waals surface area contributed by atoms with Crippen LogP contribution < -0.4 is 0 Å². The zero-order chi connectivity index (χ0) is 16.1. The number of nitrogens with zero attached hydrogens (tertiary/aromatic N) is 3. The Hall–Kier alpha value is -1.79. The van der Waals surface area contributed by atoms with Crippen LogP contribution in [-0.4, -0.2) is 46.6 Å². The number of thiophene rings is 1. The smallest absolute Gasteiger partial charge is 0.228 e. The summed E-state index contributed by atoms with van der Waals surface area (Å²) in [5.41, 5.74) is 0.958. The highest BCUT2D eigenvalue weighted by Crippen LogP contribution is 2.19. The van der Waals surface area contributed by atoms with Gasteiger partial charge in [-0.2, -0.15) is 0 Å². The van der Waals surface area contributed by atoms with E-state index in [4.69, 9.17) is 4.74 Å². The first-order chi connectivity index (χ1) is 11.2. The summed E-state index contributed by atoms with van der Waals surface area (Å²) in [5, 5.41) is 0. The minimum Gasteiger partial charge on any atom is -0.377 e. The van der Waals surface area contributed by atoms with Gasteiger partial charge >= 0.3 is 0 Å². The Kier molecular flexibility index (Phi) is 5.35. The van der Waals surface area contributed by atoms with Crippen LogP contribution in [0, 0.1) is 6.92 Å². The Morgan fingerprint density at radius 3 is 3.09 bits per heavy atom. The van der Waals surface area contributed by atoms with E-state index in [-0.39, 0.29) is 11.9 Å². The molecule has 0 saturated carbocycles. The molecule has 1 aliphatic heterocycles. The summed E-state index contributed by atoms with van der Waals surface area (Å²) >= 11 is 1.69. The van der Waals surface area contributed by atoms with Crippen LogP contribution >= 0.6 is 11.3 Å². The summed E-state index contributed by atoms with van der Waals surface area (Å²) in [6, 6.07) is 4.24. The average Bonchev–Trinajstić information content (AvgIpc) is 2.99. The van der Waals surface area contributed by atoms with Crippen LogP contribution in [0.4, 0.5) is 0 Å². The Morgan fingerprint density at radius 1 is 1.43 bits per heavy atom. The van der Waals surface area contributed by atoms with Crippen LogP contribution in [0.5, 0.6) is 0 Å². The van der Waals surface area contributed by atoms with Gasteiger partial charge in [0.1, 0.15) is 0 Å². The highest BCUT2D eigenvalue weighted by Gasteiger charge is 2.27. The zero-order valence-electron chi connectivity index (χ0n) is 13.3. The minimum absolute atomic E-state index is 0.124. The van der Waals surface area contributed by atoms with E-state index >= 15 is 0 Å². The molecule has 2 aromatic rings. The lowest BCUT2D eigenvalue weighted by molar-refractivity contribution is -0.139. The topological polar surface area (TPSA) is 55.3 Å². The molecule has 1 amide bonds. The standard InChI is InChI=1S/C17H21N3O2S/c1-13-2-5-16(23-13)10-17(21)20-8-9-22-12-15(20)4-3-14-11-18-6-7-19-14/h2,5-7,11,15H,3-4,8-10,12H2,1H3. The lowest BCUT2D eigenvalue weighted by atomic mass is 10.1. The van der Waals surface area contributed by atoms with Crippen LogP contribution in [0.1, 0.15) is 21.9 Å². The SMILES string of the molecule is Cc1ccc(CC(=O)N2CCOCC2CCc2cnccn2)s1. The molecule has 3 rings (SSSR count). The van der Waals surface area contributed by atoms with E-state index in [0.717, 1.165) is 23.4 Å². The second-order valence-corrected chi connectivity index (χ2v) is 7.11. The fourth-order valence-corrected chi connectivity index (χ4v) is 3.71. The number of carbonyl (C=O) groups is 1. The van der Waals surface area contributed by atoms with Crippen LogP contribution in [-0.2, 0) is 22.4 Å². The predicted molar refractivity (Wildman–Crippen MR) is 89.4 cm³/mol. The molecule has 1 atom stereocenters. The molecule has 23 heavy (non-hydrogen) atoms. The van der Waals surface area contributed by atoms with Crippen molar-refractivity contribution in [3.05, 3.63) is 46.2 Å². The third kappa shape index (κ3) is 4.36. The molecule has 1 fully saturated rings. The molecule has 0 bridgehead atoms. The van der Waals surface area contributed by atoms with E-state index in [1.807, 2.05) is 11.0 Å². The first-order valence-corrected chi connectivity index (χ1v) is 8.71. The first-order valence-electron chi connectivity index (χ1n) is 7.90. The molecule has 6 heteroatoms. The Labute approximate surface area is 140 Å². The maximum Gasteiger partial charge on any atom is 0.228 e. The monoisotopic (exact) mass is 331 g/mol. The molecule has 2 aromatic heterocycles. The molecule has 1 aliphatic rings. The Morgan fingerprint density at radius 2 is 2.35 bits per heavy atom. The van der Waals surface area contributed by atoms with E-state index in [2.05, 4.69) is 23.0 Å². The van der Waals surface area contributed by atoms with Gasteiger partial charge in [-0.3, -0.25) is 14.8 Å². The van der Waals surface area contributed by atoms with Gasteiger partial charge in [0.2, 0.25) is 5.91 Å². The van der Waals surface area contributed by atoms with E-state index in [1.165, 1.54) is 4.88 Å². The van der Waals surface area contributed by atoms with Gasteiger partial charge in [-0.1, -0.05) is 0 Å². The van der Waals surface area contributed by atoms with Crippen molar-refractivity contribution >= 4 is 17.2 Å². The number of ether oxygens (including phenoxy) is 1. The van der Waals surface area contributed by atoms with Crippen molar-refractivity contribution in [2.45, 2.75) is 32.2 Å². The third-order valence-corrected chi connectivity index (χ3v) is 5.02. The molecule has 0 aliphatic carbocycles. The Balaban J connectivity index is 1.60. The van der Waals surface area contributed by atoms with E-state index in [0.29, 0.717) is 26.2 Å².